The molecule has 5 nitrogen and oxygen atoms in total. The summed E-state index contributed by atoms with van der Waals surface area (Å²) >= 11 is 5.99. The highest BCUT2D eigenvalue weighted by atomic mass is 35.5. The highest BCUT2D eigenvalue weighted by molar-refractivity contribution is 6.31. The van der Waals surface area contributed by atoms with Gasteiger partial charge in [0.05, 0.1) is 5.69 Å². The number of rotatable bonds is 4. The van der Waals surface area contributed by atoms with Crippen LogP contribution in [0.1, 0.15) is 5.56 Å². The maximum atomic E-state index is 13.7. The summed E-state index contributed by atoms with van der Waals surface area (Å²) in [6.07, 6.45) is 1.45. The van der Waals surface area contributed by atoms with Gasteiger partial charge in [0.25, 0.3) is 0 Å². The molecule has 3 rings (SSSR count). The van der Waals surface area contributed by atoms with Gasteiger partial charge in [-0.05, 0) is 36.4 Å². The van der Waals surface area contributed by atoms with Crippen LogP contribution in [0.25, 0.3) is 5.69 Å². The standard InChI is InChI=1S/C16H14ClFN4O/c1-21-10-20-22(16(21)23)12-7-5-11(6-8-12)19-9-13-14(17)3-2-4-15(13)18/h2-8,10,19H,9H2,1H3. The van der Waals surface area contributed by atoms with Crippen molar-refractivity contribution in [3.05, 3.63) is 75.7 Å². The minimum Gasteiger partial charge on any atom is -0.381 e. The molecule has 3 aromatic rings. The van der Waals surface area contributed by atoms with E-state index in [-0.39, 0.29) is 18.1 Å². The molecule has 2 aromatic carbocycles. The van der Waals surface area contributed by atoms with Crippen molar-refractivity contribution in [2.45, 2.75) is 6.54 Å². The maximum absolute atomic E-state index is 13.7. The Morgan fingerprint density at radius 1 is 1.22 bits per heavy atom. The lowest BCUT2D eigenvalue weighted by atomic mass is 10.2. The van der Waals surface area contributed by atoms with Gasteiger partial charge in [-0.3, -0.25) is 4.57 Å². The summed E-state index contributed by atoms with van der Waals surface area (Å²) in [5.41, 5.74) is 1.64. The first-order valence-corrected chi connectivity index (χ1v) is 7.32. The molecule has 0 saturated heterocycles. The second kappa shape index (κ2) is 6.26. The van der Waals surface area contributed by atoms with Crippen LogP contribution in [0, 0.1) is 5.82 Å². The fourth-order valence-corrected chi connectivity index (χ4v) is 2.40. The summed E-state index contributed by atoms with van der Waals surface area (Å²) in [5.74, 6) is -0.346. The Kier molecular flexibility index (Phi) is 4.16. The molecule has 118 valence electrons. The van der Waals surface area contributed by atoms with Gasteiger partial charge in [-0.15, -0.1) is 0 Å². The molecule has 0 spiro atoms. The first kappa shape index (κ1) is 15.3. The monoisotopic (exact) mass is 332 g/mol. The number of benzene rings is 2. The topological polar surface area (TPSA) is 51.9 Å². The van der Waals surface area contributed by atoms with Crippen molar-refractivity contribution in [1.29, 1.82) is 0 Å². The number of nitrogens with one attached hydrogen (secondary N) is 1. The van der Waals surface area contributed by atoms with Gasteiger partial charge in [-0.1, -0.05) is 17.7 Å². The minimum absolute atomic E-state index is 0.219. The Morgan fingerprint density at radius 2 is 1.96 bits per heavy atom. The lowest BCUT2D eigenvalue weighted by Crippen LogP contribution is -2.21. The molecule has 1 N–H and O–H groups in total. The number of halogens is 2. The quantitative estimate of drug-likeness (QED) is 0.799. The van der Waals surface area contributed by atoms with E-state index in [0.717, 1.165) is 5.69 Å². The van der Waals surface area contributed by atoms with Crippen LogP contribution < -0.4 is 11.0 Å². The van der Waals surface area contributed by atoms with Crippen LogP contribution in [-0.2, 0) is 13.6 Å². The first-order valence-electron chi connectivity index (χ1n) is 6.94. The van der Waals surface area contributed by atoms with Crippen LogP contribution in [0.3, 0.4) is 0 Å². The van der Waals surface area contributed by atoms with Gasteiger partial charge < -0.3 is 5.32 Å². The Morgan fingerprint density at radius 3 is 2.57 bits per heavy atom. The Balaban J connectivity index is 1.76. The highest BCUT2D eigenvalue weighted by Crippen LogP contribution is 2.20. The van der Waals surface area contributed by atoms with E-state index < -0.39 is 0 Å². The second-order valence-electron chi connectivity index (χ2n) is 5.04. The van der Waals surface area contributed by atoms with E-state index in [0.29, 0.717) is 16.3 Å². The van der Waals surface area contributed by atoms with Gasteiger partial charge in [0.15, 0.2) is 0 Å². The molecular weight excluding hydrogens is 319 g/mol. The summed E-state index contributed by atoms with van der Waals surface area (Å²) in [5, 5.41) is 7.50. The number of nitrogens with zero attached hydrogens (tertiary/aromatic N) is 3. The third-order valence-corrected chi connectivity index (χ3v) is 3.82. The van der Waals surface area contributed by atoms with E-state index in [1.165, 1.54) is 21.6 Å². The highest BCUT2D eigenvalue weighted by Gasteiger charge is 2.07. The van der Waals surface area contributed by atoms with Crippen LogP contribution in [0.2, 0.25) is 5.02 Å². The molecule has 0 amide bonds. The van der Waals surface area contributed by atoms with E-state index in [1.807, 2.05) is 0 Å². The van der Waals surface area contributed by atoms with Crippen molar-refractivity contribution < 1.29 is 4.39 Å². The number of aromatic nitrogens is 3. The van der Waals surface area contributed by atoms with Gasteiger partial charge in [0.2, 0.25) is 0 Å². The number of aryl methyl sites for hydroxylation is 1. The van der Waals surface area contributed by atoms with Crippen LogP contribution in [0.5, 0.6) is 0 Å². The molecule has 0 unspecified atom stereocenters. The van der Waals surface area contributed by atoms with E-state index in [1.54, 1.807) is 43.4 Å². The van der Waals surface area contributed by atoms with Gasteiger partial charge in [-0.2, -0.15) is 9.78 Å². The first-order chi connectivity index (χ1) is 11.1. The third-order valence-electron chi connectivity index (χ3n) is 3.47. The minimum atomic E-state index is -0.346. The smallest absolute Gasteiger partial charge is 0.350 e. The molecule has 7 heteroatoms. The van der Waals surface area contributed by atoms with Crippen LogP contribution in [0.4, 0.5) is 10.1 Å². The van der Waals surface area contributed by atoms with Crippen LogP contribution in [0.15, 0.2) is 53.6 Å². The molecule has 0 bridgehead atoms. The van der Waals surface area contributed by atoms with E-state index in [2.05, 4.69) is 10.4 Å². The average Bonchev–Trinajstić information content (AvgIpc) is 2.87. The van der Waals surface area contributed by atoms with Gasteiger partial charge in [0, 0.05) is 29.9 Å². The predicted molar refractivity (Wildman–Crippen MR) is 87.5 cm³/mol. The Bertz CT molecular complexity index is 866. The van der Waals surface area contributed by atoms with Crippen molar-refractivity contribution in [2.75, 3.05) is 5.32 Å². The fourth-order valence-electron chi connectivity index (χ4n) is 2.17. The number of hydrogen-bond donors (Lipinski definition) is 1. The van der Waals surface area contributed by atoms with Gasteiger partial charge in [0.1, 0.15) is 12.1 Å². The summed E-state index contributed by atoms with van der Waals surface area (Å²) in [7, 11) is 1.64. The summed E-state index contributed by atoms with van der Waals surface area (Å²) in [6, 6.07) is 11.7. The lowest BCUT2D eigenvalue weighted by molar-refractivity contribution is 0.613. The van der Waals surface area contributed by atoms with Crippen molar-refractivity contribution >= 4 is 17.3 Å². The number of hydrogen-bond acceptors (Lipinski definition) is 3. The van der Waals surface area contributed by atoms with Crippen molar-refractivity contribution in [3.8, 4) is 5.69 Å². The zero-order valence-corrected chi connectivity index (χ0v) is 13.1. The lowest BCUT2D eigenvalue weighted by Gasteiger charge is -2.09. The second-order valence-corrected chi connectivity index (χ2v) is 5.44. The maximum Gasteiger partial charge on any atom is 0.350 e. The summed E-state index contributed by atoms with van der Waals surface area (Å²) in [6.45, 7) is 0.272. The van der Waals surface area contributed by atoms with E-state index in [9.17, 15) is 9.18 Å². The zero-order chi connectivity index (χ0) is 16.4. The molecule has 0 aliphatic carbocycles. The predicted octanol–water partition coefficient (Wildman–Crippen LogP) is 2.98. The molecule has 0 aliphatic heterocycles. The molecular formula is C16H14ClFN4O. The molecule has 0 aliphatic rings. The van der Waals surface area contributed by atoms with Crippen molar-refractivity contribution in [1.82, 2.24) is 14.3 Å². The summed E-state index contributed by atoms with van der Waals surface area (Å²) in [4.78, 5) is 11.8. The number of anilines is 1. The zero-order valence-electron chi connectivity index (χ0n) is 12.3. The molecule has 1 heterocycles. The molecule has 23 heavy (non-hydrogen) atoms. The van der Waals surface area contributed by atoms with E-state index in [4.69, 9.17) is 11.6 Å². The molecule has 0 radical (unpaired) electrons. The molecule has 0 atom stereocenters. The van der Waals surface area contributed by atoms with Crippen LogP contribution >= 0.6 is 11.6 Å². The fraction of sp³-hybridized carbons (Fsp3) is 0.125. The third kappa shape index (κ3) is 3.12. The van der Waals surface area contributed by atoms with E-state index >= 15 is 0 Å². The molecule has 0 saturated carbocycles. The summed E-state index contributed by atoms with van der Waals surface area (Å²) < 4.78 is 16.4. The normalized spacial score (nSPS) is 10.7. The van der Waals surface area contributed by atoms with Crippen molar-refractivity contribution in [3.63, 3.8) is 0 Å². The Hall–Kier alpha value is -2.60. The van der Waals surface area contributed by atoms with Crippen molar-refractivity contribution in [2.24, 2.45) is 7.05 Å². The Labute approximate surface area is 136 Å². The largest absolute Gasteiger partial charge is 0.381 e. The average molecular weight is 333 g/mol. The van der Waals surface area contributed by atoms with Crippen LogP contribution in [-0.4, -0.2) is 14.3 Å². The van der Waals surface area contributed by atoms with Gasteiger partial charge in [-0.25, -0.2) is 9.18 Å². The molecule has 1 aromatic heterocycles. The van der Waals surface area contributed by atoms with Gasteiger partial charge >= 0.3 is 5.69 Å². The molecule has 0 fully saturated rings. The SMILES string of the molecule is Cn1cnn(-c2ccc(NCc3c(F)cccc3Cl)cc2)c1=O.